The van der Waals surface area contributed by atoms with E-state index in [4.69, 9.17) is 23.8 Å². The number of hydrogen-bond donors (Lipinski definition) is 1. The van der Waals surface area contributed by atoms with Crippen molar-refractivity contribution < 1.29 is 9.59 Å². The van der Waals surface area contributed by atoms with Crippen molar-refractivity contribution >= 4 is 74.3 Å². The van der Waals surface area contributed by atoms with Crippen molar-refractivity contribution in [3.8, 4) is 0 Å². The number of carbonyl (C=O) groups excluding carboxylic acids is 2. The zero-order chi connectivity index (χ0) is 24.6. The summed E-state index contributed by atoms with van der Waals surface area (Å²) in [4.78, 5) is 32.5. The summed E-state index contributed by atoms with van der Waals surface area (Å²) < 4.78 is 0.513. The van der Waals surface area contributed by atoms with Gasteiger partial charge in [-0.2, -0.15) is 0 Å². The third kappa shape index (κ3) is 7.11. The highest BCUT2D eigenvalue weighted by atomic mass is 35.5. The zero-order valence-electron chi connectivity index (χ0n) is 18.6. The smallest absolute Gasteiger partial charge is 0.266 e. The van der Waals surface area contributed by atoms with Gasteiger partial charge >= 0.3 is 0 Å². The largest absolute Gasteiger partial charge is 0.302 e. The maximum absolute atomic E-state index is 12.7. The maximum atomic E-state index is 12.7. The van der Waals surface area contributed by atoms with Gasteiger partial charge in [-0.05, 0) is 29.7 Å². The monoisotopic (exact) mass is 539 g/mol. The number of rotatable bonds is 9. The van der Waals surface area contributed by atoms with Crippen LogP contribution in [0.1, 0.15) is 28.8 Å². The molecule has 0 bridgehead atoms. The van der Waals surface area contributed by atoms with E-state index in [0.29, 0.717) is 38.8 Å². The second-order valence-corrected chi connectivity index (χ2v) is 10.9. The number of anilines is 1. The molecule has 9 heteroatoms. The Morgan fingerprint density at radius 1 is 1.14 bits per heavy atom. The lowest BCUT2D eigenvalue weighted by Gasteiger charge is -2.13. The average molecular weight is 540 g/mol. The van der Waals surface area contributed by atoms with Gasteiger partial charge in [-0.1, -0.05) is 96.3 Å². The van der Waals surface area contributed by atoms with Crippen LogP contribution in [0.5, 0.6) is 0 Å². The molecule has 1 fully saturated rings. The lowest BCUT2D eigenvalue weighted by molar-refractivity contribution is -0.122. The summed E-state index contributed by atoms with van der Waals surface area (Å²) in [6, 6.07) is 17.5. The fraction of sp³-hybridized carbons (Fsp3) is 0.154. The maximum Gasteiger partial charge on any atom is 0.266 e. The number of nitrogens with one attached hydrogen (secondary N) is 1. The first-order chi connectivity index (χ1) is 17.0. The molecular weight excluding hydrogens is 518 g/mol. The summed E-state index contributed by atoms with van der Waals surface area (Å²) >= 11 is 14.3. The van der Waals surface area contributed by atoms with Gasteiger partial charge in [-0.15, -0.1) is 11.3 Å². The lowest BCUT2D eigenvalue weighted by atomic mass is 10.1. The molecule has 0 saturated carbocycles. The average Bonchev–Trinajstić information content (AvgIpc) is 3.40. The second-order valence-electron chi connectivity index (χ2n) is 7.68. The molecule has 3 aromatic rings. The predicted molar refractivity (Wildman–Crippen MR) is 150 cm³/mol. The number of halogens is 1. The Bertz CT molecular complexity index is 1290. The molecule has 1 saturated heterocycles. The summed E-state index contributed by atoms with van der Waals surface area (Å²) in [7, 11) is 0. The van der Waals surface area contributed by atoms with Crippen molar-refractivity contribution in [1.82, 2.24) is 9.88 Å². The highest BCUT2D eigenvalue weighted by Crippen LogP contribution is 2.31. The quantitative estimate of drug-likeness (QED) is 0.246. The highest BCUT2D eigenvalue weighted by Gasteiger charge is 2.31. The van der Waals surface area contributed by atoms with Gasteiger partial charge in [0, 0.05) is 35.5 Å². The molecule has 2 aromatic carbocycles. The Morgan fingerprint density at radius 3 is 2.71 bits per heavy atom. The Labute approximate surface area is 222 Å². The van der Waals surface area contributed by atoms with Gasteiger partial charge in [0.05, 0.1) is 4.91 Å². The molecule has 1 N–H and O–H groups in total. The number of benzene rings is 2. The van der Waals surface area contributed by atoms with Crippen LogP contribution in [0.2, 0.25) is 5.02 Å². The van der Waals surface area contributed by atoms with E-state index in [-0.39, 0.29) is 18.2 Å². The first-order valence-electron chi connectivity index (χ1n) is 10.9. The van der Waals surface area contributed by atoms with E-state index in [9.17, 15) is 9.59 Å². The molecule has 1 aromatic heterocycles. The summed E-state index contributed by atoms with van der Waals surface area (Å²) in [6.07, 6.45) is 8.75. The topological polar surface area (TPSA) is 62.3 Å². The summed E-state index contributed by atoms with van der Waals surface area (Å²) in [5, 5.41) is 4.10. The van der Waals surface area contributed by atoms with E-state index in [2.05, 4.69) is 10.3 Å². The van der Waals surface area contributed by atoms with Crippen LogP contribution >= 0.6 is 46.9 Å². The van der Waals surface area contributed by atoms with E-state index in [1.165, 1.54) is 23.1 Å². The SMILES string of the molecule is O=C(CCCN1C(=O)/C(=C/C=C/c2ccccc2)SC1=S)Nc1ncc(Cc2ccccc2Cl)s1. The fourth-order valence-corrected chi connectivity index (χ4v) is 5.69. The Balaban J connectivity index is 1.23. The number of allylic oxidation sites excluding steroid dienone is 2. The normalized spacial score (nSPS) is 14.9. The van der Waals surface area contributed by atoms with Gasteiger partial charge in [0.15, 0.2) is 5.13 Å². The molecule has 178 valence electrons. The molecule has 2 heterocycles. The second kappa shape index (κ2) is 12.3. The number of amides is 2. The molecule has 1 aliphatic rings. The standard InChI is InChI=1S/C26H22ClN3O2S3/c27-21-12-5-4-11-19(21)16-20-17-28-25(34-20)29-23(31)14-7-15-30-24(32)22(35-26(30)33)13-6-10-18-8-2-1-3-9-18/h1-6,8-13,17H,7,14-16H2,(H,28,29,31)/b10-6+,22-13-. The van der Waals surface area contributed by atoms with E-state index in [1.807, 2.05) is 66.7 Å². The van der Waals surface area contributed by atoms with Crippen molar-refractivity contribution in [2.45, 2.75) is 19.3 Å². The third-order valence-corrected chi connectivity index (χ3v) is 7.79. The van der Waals surface area contributed by atoms with Gasteiger partial charge < -0.3 is 5.32 Å². The van der Waals surface area contributed by atoms with Crippen LogP contribution in [0, 0.1) is 0 Å². The number of nitrogens with zero attached hydrogens (tertiary/aromatic N) is 2. The van der Waals surface area contributed by atoms with E-state index < -0.39 is 0 Å². The molecule has 35 heavy (non-hydrogen) atoms. The summed E-state index contributed by atoms with van der Waals surface area (Å²) in [6.45, 7) is 0.396. The number of aromatic nitrogens is 1. The van der Waals surface area contributed by atoms with Crippen LogP contribution in [-0.4, -0.2) is 32.6 Å². The van der Waals surface area contributed by atoms with Crippen molar-refractivity contribution in [1.29, 1.82) is 0 Å². The van der Waals surface area contributed by atoms with Crippen LogP contribution in [0.4, 0.5) is 5.13 Å². The van der Waals surface area contributed by atoms with Crippen molar-refractivity contribution in [3.05, 3.63) is 98.9 Å². The van der Waals surface area contributed by atoms with Crippen molar-refractivity contribution in [2.24, 2.45) is 0 Å². The molecule has 4 rings (SSSR count). The summed E-state index contributed by atoms with van der Waals surface area (Å²) in [5.74, 6) is -0.266. The number of thiocarbonyl (C=S) groups is 1. The minimum atomic E-state index is -0.143. The van der Waals surface area contributed by atoms with E-state index >= 15 is 0 Å². The molecule has 2 amide bonds. The van der Waals surface area contributed by atoms with E-state index in [0.717, 1.165) is 16.0 Å². The predicted octanol–water partition coefficient (Wildman–Crippen LogP) is 6.56. The minimum Gasteiger partial charge on any atom is -0.302 e. The first kappa shape index (κ1) is 25.3. The van der Waals surface area contributed by atoms with Gasteiger partial charge in [-0.3, -0.25) is 14.5 Å². The molecule has 0 atom stereocenters. The van der Waals surface area contributed by atoms with Gasteiger partial charge in [0.25, 0.3) is 5.91 Å². The Hall–Kier alpha value is -2.78. The molecule has 0 unspecified atom stereocenters. The molecule has 0 spiro atoms. The molecular formula is C26H22ClN3O2S3. The molecule has 5 nitrogen and oxygen atoms in total. The fourth-order valence-electron chi connectivity index (χ4n) is 3.37. The number of thiazole rings is 1. The zero-order valence-corrected chi connectivity index (χ0v) is 21.9. The third-order valence-electron chi connectivity index (χ3n) is 5.12. The lowest BCUT2D eigenvalue weighted by Crippen LogP contribution is -2.29. The van der Waals surface area contributed by atoms with Crippen LogP contribution in [-0.2, 0) is 16.0 Å². The molecule has 1 aliphatic heterocycles. The first-order valence-corrected chi connectivity index (χ1v) is 13.4. The van der Waals surface area contributed by atoms with Crippen molar-refractivity contribution in [2.75, 3.05) is 11.9 Å². The van der Waals surface area contributed by atoms with Crippen LogP contribution < -0.4 is 5.32 Å². The number of hydrogen-bond acceptors (Lipinski definition) is 6. The van der Waals surface area contributed by atoms with Gasteiger partial charge in [0.1, 0.15) is 4.32 Å². The highest BCUT2D eigenvalue weighted by molar-refractivity contribution is 8.26. The number of carbonyl (C=O) groups is 2. The summed E-state index contributed by atoms with van der Waals surface area (Å²) in [5.41, 5.74) is 2.07. The van der Waals surface area contributed by atoms with Gasteiger partial charge in [-0.25, -0.2) is 4.98 Å². The molecule has 0 radical (unpaired) electrons. The molecule has 0 aliphatic carbocycles. The number of thioether (sulfide) groups is 1. The Kier molecular flexibility index (Phi) is 8.87. The minimum absolute atomic E-state index is 0.123. The Morgan fingerprint density at radius 2 is 1.91 bits per heavy atom. The van der Waals surface area contributed by atoms with Crippen molar-refractivity contribution in [3.63, 3.8) is 0 Å². The van der Waals surface area contributed by atoms with Gasteiger partial charge in [0.2, 0.25) is 5.91 Å². The van der Waals surface area contributed by atoms with Crippen LogP contribution in [0.25, 0.3) is 6.08 Å². The van der Waals surface area contributed by atoms with E-state index in [1.54, 1.807) is 17.2 Å². The van der Waals surface area contributed by atoms with Crippen LogP contribution in [0.3, 0.4) is 0 Å². The van der Waals surface area contributed by atoms with Crippen LogP contribution in [0.15, 0.2) is 77.9 Å².